The number of amides is 1. The molecule has 2 N–H and O–H groups in total. The highest BCUT2D eigenvalue weighted by Crippen LogP contribution is 2.25. The Morgan fingerprint density at radius 1 is 1.58 bits per heavy atom. The van der Waals surface area contributed by atoms with Crippen LogP contribution in [0.2, 0.25) is 0 Å². The second kappa shape index (κ2) is 3.90. The summed E-state index contributed by atoms with van der Waals surface area (Å²) in [6.07, 6.45) is 3.09. The molecule has 0 spiro atoms. The summed E-state index contributed by atoms with van der Waals surface area (Å²) in [4.78, 5) is 13.4. The molecule has 0 saturated heterocycles. The van der Waals surface area contributed by atoms with Crippen molar-refractivity contribution >= 4 is 5.91 Å². The molecule has 12 heavy (non-hydrogen) atoms. The van der Waals surface area contributed by atoms with E-state index in [9.17, 15) is 4.79 Å². The Labute approximate surface area is 73.9 Å². The first-order valence-electron chi connectivity index (χ1n) is 4.67. The van der Waals surface area contributed by atoms with Crippen molar-refractivity contribution in [3.05, 3.63) is 0 Å². The molecular formula is C9H18N2O. The molecule has 0 radical (unpaired) electrons. The van der Waals surface area contributed by atoms with E-state index in [1.54, 1.807) is 4.90 Å². The second-order valence-electron chi connectivity index (χ2n) is 3.55. The van der Waals surface area contributed by atoms with E-state index in [-0.39, 0.29) is 17.9 Å². The molecule has 70 valence electrons. The third-order valence-electron chi connectivity index (χ3n) is 2.74. The lowest BCUT2D eigenvalue weighted by molar-refractivity contribution is -0.134. The minimum absolute atomic E-state index is 0.0925. The summed E-state index contributed by atoms with van der Waals surface area (Å²) >= 11 is 0. The fourth-order valence-corrected chi connectivity index (χ4v) is 1.73. The van der Waals surface area contributed by atoms with Crippen LogP contribution in [0, 0.1) is 5.92 Å². The van der Waals surface area contributed by atoms with E-state index < -0.39 is 0 Å². The maximum Gasteiger partial charge on any atom is 0.226 e. The number of rotatable bonds is 2. The molecule has 3 nitrogen and oxygen atoms in total. The highest BCUT2D eigenvalue weighted by Gasteiger charge is 2.31. The summed E-state index contributed by atoms with van der Waals surface area (Å²) in [5.41, 5.74) is 5.82. The zero-order valence-electron chi connectivity index (χ0n) is 7.92. The van der Waals surface area contributed by atoms with E-state index in [0.717, 1.165) is 25.8 Å². The minimum Gasteiger partial charge on any atom is -0.346 e. The smallest absolute Gasteiger partial charge is 0.226 e. The zero-order valence-corrected chi connectivity index (χ0v) is 7.92. The van der Waals surface area contributed by atoms with Gasteiger partial charge < -0.3 is 10.6 Å². The van der Waals surface area contributed by atoms with Crippen LogP contribution in [0.3, 0.4) is 0 Å². The molecule has 0 aromatic heterocycles. The number of hydrogen-bond acceptors (Lipinski definition) is 2. The normalized spacial score (nSPS) is 28.9. The van der Waals surface area contributed by atoms with Gasteiger partial charge in [0.1, 0.15) is 0 Å². The van der Waals surface area contributed by atoms with Gasteiger partial charge in [0.05, 0.1) is 5.92 Å². The topological polar surface area (TPSA) is 46.3 Å². The summed E-state index contributed by atoms with van der Waals surface area (Å²) < 4.78 is 0. The SMILES string of the molecule is CCN(C)C(=O)C1CCCC1N. The van der Waals surface area contributed by atoms with Crippen molar-refractivity contribution in [2.24, 2.45) is 11.7 Å². The molecule has 3 heteroatoms. The highest BCUT2D eigenvalue weighted by atomic mass is 16.2. The molecule has 1 aliphatic carbocycles. The first kappa shape index (κ1) is 9.52. The van der Waals surface area contributed by atoms with Crippen molar-refractivity contribution in [1.29, 1.82) is 0 Å². The third-order valence-corrected chi connectivity index (χ3v) is 2.74. The first-order valence-corrected chi connectivity index (χ1v) is 4.67. The van der Waals surface area contributed by atoms with Crippen LogP contribution in [-0.4, -0.2) is 30.4 Å². The fourth-order valence-electron chi connectivity index (χ4n) is 1.73. The predicted molar refractivity (Wildman–Crippen MR) is 48.6 cm³/mol. The molecule has 0 bridgehead atoms. The van der Waals surface area contributed by atoms with Gasteiger partial charge in [-0.3, -0.25) is 4.79 Å². The number of carbonyl (C=O) groups is 1. The minimum atomic E-state index is 0.0925. The zero-order chi connectivity index (χ0) is 9.14. The van der Waals surface area contributed by atoms with Crippen LogP contribution in [0.1, 0.15) is 26.2 Å². The number of hydrogen-bond donors (Lipinski definition) is 1. The Kier molecular flexibility index (Phi) is 3.09. The lowest BCUT2D eigenvalue weighted by Gasteiger charge is -2.21. The van der Waals surface area contributed by atoms with E-state index in [2.05, 4.69) is 0 Å². The van der Waals surface area contributed by atoms with Crippen molar-refractivity contribution in [3.63, 3.8) is 0 Å². The van der Waals surface area contributed by atoms with Gasteiger partial charge in [0, 0.05) is 19.6 Å². The molecule has 2 atom stereocenters. The summed E-state index contributed by atoms with van der Waals surface area (Å²) in [5, 5.41) is 0. The quantitative estimate of drug-likeness (QED) is 0.659. The van der Waals surface area contributed by atoms with Crippen LogP contribution in [-0.2, 0) is 4.79 Å². The van der Waals surface area contributed by atoms with Crippen molar-refractivity contribution < 1.29 is 4.79 Å². The van der Waals surface area contributed by atoms with Gasteiger partial charge in [-0.15, -0.1) is 0 Å². The third kappa shape index (κ3) is 1.78. The van der Waals surface area contributed by atoms with E-state index in [1.807, 2.05) is 14.0 Å². The van der Waals surface area contributed by atoms with Crippen LogP contribution in [0.25, 0.3) is 0 Å². The van der Waals surface area contributed by atoms with Gasteiger partial charge >= 0.3 is 0 Å². The van der Waals surface area contributed by atoms with E-state index in [4.69, 9.17) is 5.73 Å². The van der Waals surface area contributed by atoms with E-state index in [0.29, 0.717) is 0 Å². The Morgan fingerprint density at radius 3 is 2.67 bits per heavy atom. The molecule has 2 unspecified atom stereocenters. The van der Waals surface area contributed by atoms with Crippen molar-refractivity contribution in [2.45, 2.75) is 32.2 Å². The molecule has 0 heterocycles. The molecule has 1 aliphatic rings. The molecule has 1 fully saturated rings. The lowest BCUT2D eigenvalue weighted by Crippen LogP contribution is -2.39. The van der Waals surface area contributed by atoms with Gasteiger partial charge in [0.25, 0.3) is 0 Å². The van der Waals surface area contributed by atoms with Crippen LogP contribution >= 0.6 is 0 Å². The Balaban J connectivity index is 2.51. The highest BCUT2D eigenvalue weighted by molar-refractivity contribution is 5.79. The second-order valence-corrected chi connectivity index (χ2v) is 3.55. The van der Waals surface area contributed by atoms with Gasteiger partial charge in [0.2, 0.25) is 5.91 Å². The van der Waals surface area contributed by atoms with Gasteiger partial charge in [-0.2, -0.15) is 0 Å². The maximum absolute atomic E-state index is 11.6. The number of nitrogens with two attached hydrogens (primary N) is 1. The number of carbonyl (C=O) groups excluding carboxylic acids is 1. The molecule has 1 saturated carbocycles. The predicted octanol–water partition coefficient (Wildman–Crippen LogP) is 0.592. The van der Waals surface area contributed by atoms with Crippen LogP contribution in [0.4, 0.5) is 0 Å². The first-order chi connectivity index (χ1) is 5.66. The molecule has 1 amide bonds. The van der Waals surface area contributed by atoms with E-state index >= 15 is 0 Å². The summed E-state index contributed by atoms with van der Waals surface area (Å²) in [6, 6.07) is 0.103. The molecule has 0 aliphatic heterocycles. The number of nitrogens with zero attached hydrogens (tertiary/aromatic N) is 1. The Bertz CT molecular complexity index is 170. The molecular weight excluding hydrogens is 152 g/mol. The summed E-state index contributed by atoms with van der Waals surface area (Å²) in [6.45, 7) is 2.76. The summed E-state index contributed by atoms with van der Waals surface area (Å²) in [5.74, 6) is 0.317. The van der Waals surface area contributed by atoms with Gasteiger partial charge in [-0.05, 0) is 19.8 Å². The molecule has 1 rings (SSSR count). The molecule has 0 aromatic rings. The fraction of sp³-hybridized carbons (Fsp3) is 0.889. The van der Waals surface area contributed by atoms with E-state index in [1.165, 1.54) is 0 Å². The summed E-state index contributed by atoms with van der Waals surface area (Å²) in [7, 11) is 1.84. The van der Waals surface area contributed by atoms with Crippen molar-refractivity contribution in [3.8, 4) is 0 Å². The average Bonchev–Trinajstić information content (AvgIpc) is 2.48. The van der Waals surface area contributed by atoms with Gasteiger partial charge in [-0.25, -0.2) is 0 Å². The maximum atomic E-state index is 11.6. The average molecular weight is 170 g/mol. The van der Waals surface area contributed by atoms with Crippen molar-refractivity contribution in [2.75, 3.05) is 13.6 Å². The Hall–Kier alpha value is -0.570. The largest absolute Gasteiger partial charge is 0.346 e. The molecule has 0 aromatic carbocycles. The lowest BCUT2D eigenvalue weighted by atomic mass is 10.0. The van der Waals surface area contributed by atoms with Crippen molar-refractivity contribution in [1.82, 2.24) is 4.90 Å². The Morgan fingerprint density at radius 2 is 2.25 bits per heavy atom. The van der Waals surface area contributed by atoms with Crippen LogP contribution in [0.15, 0.2) is 0 Å². The standard InChI is InChI=1S/C9H18N2O/c1-3-11(2)9(12)7-5-4-6-8(7)10/h7-8H,3-6,10H2,1-2H3. The van der Waals surface area contributed by atoms with Gasteiger partial charge in [-0.1, -0.05) is 6.42 Å². The monoisotopic (exact) mass is 170 g/mol. The van der Waals surface area contributed by atoms with Crippen LogP contribution < -0.4 is 5.73 Å². The van der Waals surface area contributed by atoms with Gasteiger partial charge in [0.15, 0.2) is 0 Å². The van der Waals surface area contributed by atoms with Crippen LogP contribution in [0.5, 0.6) is 0 Å².